The van der Waals surface area contributed by atoms with Crippen LogP contribution in [0.2, 0.25) is 0 Å². The van der Waals surface area contributed by atoms with Crippen LogP contribution in [0.25, 0.3) is 10.9 Å². The quantitative estimate of drug-likeness (QED) is 0.661. The first-order valence-electron chi connectivity index (χ1n) is 5.32. The van der Waals surface area contributed by atoms with Gasteiger partial charge in [0.05, 0.1) is 0 Å². The summed E-state index contributed by atoms with van der Waals surface area (Å²) in [5.74, 6) is 0. The number of aromatic amines is 1. The van der Waals surface area contributed by atoms with Gasteiger partial charge in [0.1, 0.15) is 0 Å². The van der Waals surface area contributed by atoms with E-state index in [2.05, 4.69) is 30.1 Å². The maximum Gasteiger partial charge on any atom is 0 e. The third-order valence-corrected chi connectivity index (χ3v) is 1.60. The number of aryl methyl sites for hydroxylation is 1. The van der Waals surface area contributed by atoms with Crippen molar-refractivity contribution in [2.24, 2.45) is 0 Å². The minimum absolute atomic E-state index is 0. The molecule has 0 amide bonds. The normalized spacial score (nSPS) is 7.80. The third kappa shape index (κ3) is 5.18. The molecule has 1 heterocycles. The van der Waals surface area contributed by atoms with E-state index in [1.54, 1.807) is 0 Å². The summed E-state index contributed by atoms with van der Waals surface area (Å²) in [6.45, 7) is 10.1. The van der Waals surface area contributed by atoms with Crippen molar-refractivity contribution in [3.63, 3.8) is 0 Å². The second-order valence-electron chi connectivity index (χ2n) is 2.47. The van der Waals surface area contributed by atoms with E-state index < -0.39 is 0 Å². The van der Waals surface area contributed by atoms with Crippen molar-refractivity contribution >= 4 is 10.9 Å². The van der Waals surface area contributed by atoms with Crippen molar-refractivity contribution in [1.82, 2.24) is 4.98 Å². The van der Waals surface area contributed by atoms with Gasteiger partial charge in [-0.3, -0.25) is 0 Å². The summed E-state index contributed by atoms with van der Waals surface area (Å²) in [6.07, 6.45) is 0. The van der Waals surface area contributed by atoms with Crippen molar-refractivity contribution in [2.45, 2.75) is 34.6 Å². The van der Waals surface area contributed by atoms with Crippen LogP contribution in [0.4, 0.5) is 0 Å². The Morgan fingerprint density at radius 3 is 2.27 bits per heavy atom. The van der Waals surface area contributed by atoms with E-state index in [1.807, 2.05) is 39.8 Å². The summed E-state index contributed by atoms with van der Waals surface area (Å²) in [5, 5.41) is 1.26. The van der Waals surface area contributed by atoms with Gasteiger partial charge in [0.25, 0.3) is 0 Å². The molecule has 0 unspecified atom stereocenters. The van der Waals surface area contributed by atoms with Gasteiger partial charge in [0.2, 0.25) is 0 Å². The van der Waals surface area contributed by atoms with Crippen LogP contribution in [0, 0.1) is 13.0 Å². The van der Waals surface area contributed by atoms with E-state index in [-0.39, 0.29) is 21.1 Å². The molecule has 0 saturated heterocycles. The molecule has 84 valence electrons. The van der Waals surface area contributed by atoms with Gasteiger partial charge in [0, 0.05) is 21.1 Å². The predicted molar refractivity (Wildman–Crippen MR) is 64.6 cm³/mol. The van der Waals surface area contributed by atoms with Crippen LogP contribution >= 0.6 is 0 Å². The number of fused-ring (bicyclic) bond motifs is 1. The van der Waals surface area contributed by atoms with Crippen LogP contribution in [-0.4, -0.2) is 4.98 Å². The van der Waals surface area contributed by atoms with E-state index in [0.29, 0.717) is 0 Å². The monoisotopic (exact) mass is 374 g/mol. The molecule has 0 bridgehead atoms. The topological polar surface area (TPSA) is 15.8 Å². The Labute approximate surface area is 108 Å². The average Bonchev–Trinajstić information content (AvgIpc) is 2.64. The van der Waals surface area contributed by atoms with E-state index in [9.17, 15) is 0 Å². The fourth-order valence-electron chi connectivity index (χ4n) is 1.16. The predicted octanol–water partition coefficient (Wildman–Crippen LogP) is 4.33. The molecule has 2 heteroatoms. The molecule has 0 aliphatic carbocycles. The number of H-pyrrole nitrogens is 1. The molecular weight excluding hydrogens is 354 g/mol. The first-order chi connectivity index (χ1) is 6.86. The van der Waals surface area contributed by atoms with E-state index in [1.165, 1.54) is 16.6 Å². The van der Waals surface area contributed by atoms with Gasteiger partial charge in [-0.15, -0.1) is 5.39 Å². The fraction of sp³-hybridized carbons (Fsp3) is 0.385. The SMILES string of the molecule is CC.CC.Cc1cc2cc[c-]cc2[nH]1.[W]. The van der Waals surface area contributed by atoms with Crippen molar-refractivity contribution in [1.29, 1.82) is 0 Å². The summed E-state index contributed by atoms with van der Waals surface area (Å²) in [7, 11) is 0. The Balaban J connectivity index is 0. The second-order valence-corrected chi connectivity index (χ2v) is 2.47. The Kier molecular flexibility index (Phi) is 11.2. The summed E-state index contributed by atoms with van der Waals surface area (Å²) < 4.78 is 0. The summed E-state index contributed by atoms with van der Waals surface area (Å²) in [4.78, 5) is 3.23. The molecule has 1 N–H and O–H groups in total. The molecule has 15 heavy (non-hydrogen) atoms. The van der Waals surface area contributed by atoms with Gasteiger partial charge in [-0.05, 0) is 12.6 Å². The summed E-state index contributed by atoms with van der Waals surface area (Å²) >= 11 is 0. The van der Waals surface area contributed by atoms with Crippen LogP contribution < -0.4 is 0 Å². The maximum absolute atomic E-state index is 3.23. The molecule has 0 radical (unpaired) electrons. The number of hydrogen-bond donors (Lipinski definition) is 1. The molecule has 1 nitrogen and oxygen atoms in total. The van der Waals surface area contributed by atoms with Crippen LogP contribution in [0.15, 0.2) is 24.3 Å². The average molecular weight is 374 g/mol. The van der Waals surface area contributed by atoms with Crippen molar-refractivity contribution in [3.8, 4) is 0 Å². The molecule has 1 aromatic carbocycles. The van der Waals surface area contributed by atoms with E-state index in [4.69, 9.17) is 0 Å². The van der Waals surface area contributed by atoms with Gasteiger partial charge >= 0.3 is 0 Å². The van der Waals surface area contributed by atoms with Gasteiger partial charge < -0.3 is 4.98 Å². The van der Waals surface area contributed by atoms with Crippen molar-refractivity contribution in [3.05, 3.63) is 36.0 Å². The van der Waals surface area contributed by atoms with Gasteiger partial charge in [-0.25, -0.2) is 0 Å². The molecule has 0 spiro atoms. The second kappa shape index (κ2) is 9.98. The van der Waals surface area contributed by atoms with E-state index in [0.717, 1.165) is 0 Å². The van der Waals surface area contributed by atoms with Crippen LogP contribution in [-0.2, 0) is 21.1 Å². The van der Waals surface area contributed by atoms with Crippen LogP contribution in [0.1, 0.15) is 33.4 Å². The fourth-order valence-corrected chi connectivity index (χ4v) is 1.16. The maximum atomic E-state index is 3.23. The Morgan fingerprint density at radius 2 is 1.73 bits per heavy atom. The largest absolute Gasteiger partial charge is 0.412 e. The zero-order valence-corrected chi connectivity index (χ0v) is 13.2. The smallest absolute Gasteiger partial charge is 0 e. The summed E-state index contributed by atoms with van der Waals surface area (Å²) in [6, 6.07) is 11.1. The number of aromatic nitrogens is 1. The molecule has 2 aromatic rings. The number of rotatable bonds is 0. The third-order valence-electron chi connectivity index (χ3n) is 1.60. The minimum atomic E-state index is 0. The number of nitrogens with one attached hydrogen (secondary N) is 1. The molecule has 2 rings (SSSR count). The Morgan fingerprint density at radius 1 is 1.13 bits per heavy atom. The van der Waals surface area contributed by atoms with Crippen molar-refractivity contribution < 1.29 is 21.1 Å². The molecule has 0 aliphatic heterocycles. The molecule has 0 fully saturated rings. The summed E-state index contributed by atoms with van der Waals surface area (Å²) in [5.41, 5.74) is 2.37. The Bertz CT molecular complexity index is 319. The minimum Gasteiger partial charge on any atom is -0.412 e. The van der Waals surface area contributed by atoms with Gasteiger partial charge in [-0.1, -0.05) is 39.3 Å². The van der Waals surface area contributed by atoms with E-state index >= 15 is 0 Å². The molecule has 0 saturated carbocycles. The first-order valence-corrected chi connectivity index (χ1v) is 5.32. The molecular formula is C13H20NW-. The Hall–Kier alpha value is -0.552. The standard InChI is InChI=1S/C9H8N.2C2H6.W/c1-7-6-8-4-2-3-5-9(8)10-7;2*1-2;/h2,4-6,10H,1H3;2*1-2H3;/q-1;;;. The van der Waals surface area contributed by atoms with Crippen molar-refractivity contribution in [2.75, 3.05) is 0 Å². The van der Waals surface area contributed by atoms with Gasteiger partial charge in [-0.2, -0.15) is 24.3 Å². The number of hydrogen-bond acceptors (Lipinski definition) is 0. The van der Waals surface area contributed by atoms with Crippen LogP contribution in [0.3, 0.4) is 0 Å². The van der Waals surface area contributed by atoms with Gasteiger partial charge in [0.15, 0.2) is 0 Å². The molecule has 0 aliphatic rings. The molecule has 1 aromatic heterocycles. The molecule has 0 atom stereocenters. The number of benzene rings is 1. The first kappa shape index (κ1) is 16.9. The zero-order chi connectivity index (χ0) is 11.0. The van der Waals surface area contributed by atoms with Crippen LogP contribution in [0.5, 0.6) is 0 Å². The zero-order valence-electron chi connectivity index (χ0n) is 10.2.